The molecule has 0 aliphatic carbocycles. The van der Waals surface area contributed by atoms with Crippen molar-refractivity contribution in [3.8, 4) is 5.69 Å². The standard InChI is InChI=1S/C17H21ClN4O/c1-13(11-21-8-2-3-17(21)23)19-9-14-10-20-22(12-14)16-6-4-15(18)5-7-16/h4-7,10,12-13,19H,2-3,8-9,11H2,1H3/t13-/m1/s1. The van der Waals surface area contributed by atoms with Crippen molar-refractivity contribution < 1.29 is 4.79 Å². The summed E-state index contributed by atoms with van der Waals surface area (Å²) >= 11 is 5.90. The summed E-state index contributed by atoms with van der Waals surface area (Å²) in [6.07, 6.45) is 5.54. The molecule has 0 radical (unpaired) electrons. The third-order valence-electron chi connectivity index (χ3n) is 4.05. The van der Waals surface area contributed by atoms with Crippen molar-refractivity contribution in [1.82, 2.24) is 20.0 Å². The molecule has 122 valence electrons. The first-order chi connectivity index (χ1) is 11.1. The van der Waals surface area contributed by atoms with Gasteiger partial charge in [-0.05, 0) is 37.6 Å². The highest BCUT2D eigenvalue weighted by atomic mass is 35.5. The average Bonchev–Trinajstić information content (AvgIpc) is 3.16. The molecule has 1 aromatic heterocycles. The molecule has 1 aromatic carbocycles. The minimum atomic E-state index is 0.260. The van der Waals surface area contributed by atoms with Crippen LogP contribution in [0.2, 0.25) is 5.02 Å². The molecule has 1 aliphatic rings. The Kier molecular flexibility index (Phi) is 4.98. The van der Waals surface area contributed by atoms with E-state index in [1.165, 1.54) is 0 Å². The molecule has 5 nitrogen and oxygen atoms in total. The number of hydrogen-bond acceptors (Lipinski definition) is 3. The van der Waals surface area contributed by atoms with Crippen molar-refractivity contribution in [2.45, 2.75) is 32.4 Å². The van der Waals surface area contributed by atoms with E-state index in [2.05, 4.69) is 17.3 Å². The minimum absolute atomic E-state index is 0.260. The molecule has 1 aliphatic heterocycles. The van der Waals surface area contributed by atoms with Crippen molar-refractivity contribution >= 4 is 17.5 Å². The Morgan fingerprint density at radius 3 is 2.83 bits per heavy atom. The predicted octanol–water partition coefficient (Wildman–Crippen LogP) is 2.63. The summed E-state index contributed by atoms with van der Waals surface area (Å²) in [7, 11) is 0. The van der Waals surface area contributed by atoms with E-state index in [0.717, 1.165) is 37.3 Å². The first-order valence-corrected chi connectivity index (χ1v) is 8.30. The lowest BCUT2D eigenvalue weighted by atomic mass is 10.2. The lowest BCUT2D eigenvalue weighted by Gasteiger charge is -2.21. The van der Waals surface area contributed by atoms with Crippen LogP contribution in [0, 0.1) is 0 Å². The number of likely N-dealkylation sites (tertiary alicyclic amines) is 1. The van der Waals surface area contributed by atoms with E-state index in [-0.39, 0.29) is 11.9 Å². The normalized spacial score (nSPS) is 16.1. The number of nitrogens with zero attached hydrogens (tertiary/aromatic N) is 3. The maximum atomic E-state index is 11.6. The molecule has 1 saturated heterocycles. The van der Waals surface area contributed by atoms with Crippen LogP contribution in [-0.2, 0) is 11.3 Å². The third-order valence-corrected chi connectivity index (χ3v) is 4.30. The molecule has 1 amide bonds. The molecular weight excluding hydrogens is 312 g/mol. The number of nitrogens with one attached hydrogen (secondary N) is 1. The molecule has 0 spiro atoms. The van der Waals surface area contributed by atoms with Crippen LogP contribution in [0.25, 0.3) is 5.69 Å². The summed E-state index contributed by atoms with van der Waals surface area (Å²) in [6.45, 7) is 4.50. The Morgan fingerprint density at radius 2 is 2.13 bits per heavy atom. The second kappa shape index (κ2) is 7.15. The zero-order valence-electron chi connectivity index (χ0n) is 13.2. The first-order valence-electron chi connectivity index (χ1n) is 7.92. The Morgan fingerprint density at radius 1 is 1.35 bits per heavy atom. The van der Waals surface area contributed by atoms with Gasteiger partial charge in [0.2, 0.25) is 5.91 Å². The van der Waals surface area contributed by atoms with Gasteiger partial charge in [0.15, 0.2) is 0 Å². The van der Waals surface area contributed by atoms with E-state index < -0.39 is 0 Å². The molecule has 6 heteroatoms. The molecule has 1 fully saturated rings. The highest BCUT2D eigenvalue weighted by molar-refractivity contribution is 6.30. The van der Waals surface area contributed by atoms with Crippen molar-refractivity contribution in [3.05, 3.63) is 47.2 Å². The van der Waals surface area contributed by atoms with Gasteiger partial charge >= 0.3 is 0 Å². The van der Waals surface area contributed by atoms with Crippen molar-refractivity contribution in [2.24, 2.45) is 0 Å². The van der Waals surface area contributed by atoms with Crippen molar-refractivity contribution in [3.63, 3.8) is 0 Å². The van der Waals surface area contributed by atoms with Gasteiger partial charge in [0, 0.05) is 48.9 Å². The zero-order valence-corrected chi connectivity index (χ0v) is 14.0. The van der Waals surface area contributed by atoms with Gasteiger partial charge in [-0.1, -0.05) is 11.6 Å². The summed E-state index contributed by atoms with van der Waals surface area (Å²) in [4.78, 5) is 13.6. The first kappa shape index (κ1) is 16.0. The fourth-order valence-electron chi connectivity index (χ4n) is 2.77. The van der Waals surface area contributed by atoms with Gasteiger partial charge in [-0.3, -0.25) is 4.79 Å². The van der Waals surface area contributed by atoms with Gasteiger partial charge in [0.25, 0.3) is 0 Å². The number of amides is 1. The summed E-state index contributed by atoms with van der Waals surface area (Å²) in [5.41, 5.74) is 2.09. The van der Waals surface area contributed by atoms with Crippen LogP contribution >= 0.6 is 11.6 Å². The molecule has 1 N–H and O–H groups in total. The number of aromatic nitrogens is 2. The van der Waals surface area contributed by atoms with Gasteiger partial charge in [-0.2, -0.15) is 5.10 Å². The topological polar surface area (TPSA) is 50.2 Å². The second-order valence-electron chi connectivity index (χ2n) is 5.99. The van der Waals surface area contributed by atoms with E-state index in [1.807, 2.05) is 46.2 Å². The Bertz CT molecular complexity index is 667. The van der Waals surface area contributed by atoms with E-state index in [4.69, 9.17) is 11.6 Å². The van der Waals surface area contributed by atoms with Gasteiger partial charge in [-0.15, -0.1) is 0 Å². The smallest absolute Gasteiger partial charge is 0.222 e. The van der Waals surface area contributed by atoms with Gasteiger partial charge < -0.3 is 10.2 Å². The third kappa shape index (κ3) is 4.12. The van der Waals surface area contributed by atoms with Gasteiger partial charge in [0.1, 0.15) is 0 Å². The number of hydrogen-bond donors (Lipinski definition) is 1. The maximum Gasteiger partial charge on any atom is 0.222 e. The molecule has 2 aromatic rings. The van der Waals surface area contributed by atoms with Gasteiger partial charge in [0.05, 0.1) is 11.9 Å². The average molecular weight is 333 g/mol. The number of carbonyl (C=O) groups excluding carboxylic acids is 1. The largest absolute Gasteiger partial charge is 0.341 e. The predicted molar refractivity (Wildman–Crippen MR) is 90.7 cm³/mol. The van der Waals surface area contributed by atoms with E-state index in [1.54, 1.807) is 0 Å². The summed E-state index contributed by atoms with van der Waals surface area (Å²) in [5, 5.41) is 8.55. The SMILES string of the molecule is C[C@H](CN1CCCC1=O)NCc1cnn(-c2ccc(Cl)cc2)c1. The molecule has 23 heavy (non-hydrogen) atoms. The van der Waals surface area contributed by atoms with Crippen LogP contribution in [0.3, 0.4) is 0 Å². The summed E-state index contributed by atoms with van der Waals surface area (Å²) < 4.78 is 1.84. The molecule has 0 unspecified atom stereocenters. The molecule has 1 atom stereocenters. The number of benzene rings is 1. The molecule has 3 rings (SSSR count). The molecule has 0 bridgehead atoms. The van der Waals surface area contributed by atoms with Gasteiger partial charge in [-0.25, -0.2) is 4.68 Å². The number of halogens is 1. The molecular formula is C17H21ClN4O. The van der Waals surface area contributed by atoms with Crippen LogP contribution in [-0.4, -0.2) is 39.7 Å². The van der Waals surface area contributed by atoms with Crippen LogP contribution in [0.5, 0.6) is 0 Å². The fraction of sp³-hybridized carbons (Fsp3) is 0.412. The highest BCUT2D eigenvalue weighted by Gasteiger charge is 2.21. The monoisotopic (exact) mass is 332 g/mol. The lowest BCUT2D eigenvalue weighted by molar-refractivity contribution is -0.127. The van der Waals surface area contributed by atoms with E-state index in [9.17, 15) is 4.79 Å². The van der Waals surface area contributed by atoms with Crippen LogP contribution in [0.15, 0.2) is 36.7 Å². The van der Waals surface area contributed by atoms with Crippen LogP contribution in [0.1, 0.15) is 25.3 Å². The Labute approximate surface area is 141 Å². The Hall–Kier alpha value is -1.85. The summed E-state index contributed by atoms with van der Waals surface area (Å²) in [6, 6.07) is 7.84. The van der Waals surface area contributed by atoms with Crippen LogP contribution < -0.4 is 5.32 Å². The molecule has 2 heterocycles. The minimum Gasteiger partial charge on any atom is -0.341 e. The maximum absolute atomic E-state index is 11.6. The quantitative estimate of drug-likeness (QED) is 0.884. The van der Waals surface area contributed by atoms with E-state index in [0.29, 0.717) is 11.4 Å². The summed E-state index contributed by atoms with van der Waals surface area (Å²) in [5.74, 6) is 0.272. The van der Waals surface area contributed by atoms with E-state index >= 15 is 0 Å². The van der Waals surface area contributed by atoms with Crippen LogP contribution in [0.4, 0.5) is 0 Å². The number of rotatable bonds is 6. The second-order valence-corrected chi connectivity index (χ2v) is 6.43. The van der Waals surface area contributed by atoms with Crippen molar-refractivity contribution in [2.75, 3.05) is 13.1 Å². The zero-order chi connectivity index (χ0) is 16.2. The van der Waals surface area contributed by atoms with Crippen molar-refractivity contribution in [1.29, 1.82) is 0 Å². The lowest BCUT2D eigenvalue weighted by Crippen LogP contribution is -2.39. The molecule has 0 saturated carbocycles. The highest BCUT2D eigenvalue weighted by Crippen LogP contribution is 2.14. The fourth-order valence-corrected chi connectivity index (χ4v) is 2.90. The Balaban J connectivity index is 1.52. The number of carbonyl (C=O) groups is 1.